The number of rotatable bonds is 0. The van der Waals surface area contributed by atoms with Gasteiger partial charge in [0.05, 0.1) is 0 Å². The topological polar surface area (TPSA) is 28.7 Å². The summed E-state index contributed by atoms with van der Waals surface area (Å²) in [5.74, 6) is 0. The number of H-pyrrole nitrogens is 1. The zero-order valence-corrected chi connectivity index (χ0v) is 5.79. The Morgan fingerprint density at radius 2 is 2.43 bits per heavy atom. The van der Waals surface area contributed by atoms with Gasteiger partial charge in [-0.3, -0.25) is 5.10 Å². The molecule has 0 amide bonds. The van der Waals surface area contributed by atoms with Crippen LogP contribution in [0.1, 0.15) is 0 Å². The Morgan fingerprint density at radius 3 is 2.57 bits per heavy atom. The molecule has 0 aliphatic carbocycles. The molecule has 0 fully saturated rings. The third-order valence-corrected chi connectivity index (χ3v) is 0.908. The van der Waals surface area contributed by atoms with E-state index < -0.39 is 0 Å². The number of nitrogens with one attached hydrogen (secondary N) is 1. The Morgan fingerprint density at radius 1 is 1.71 bits per heavy atom. The molecule has 0 unspecified atom stereocenters. The molecule has 1 N–H and O–H groups in total. The maximum absolute atomic E-state index is 3.65. The SMILES string of the molecule is Brc1ccn[nH]1.Cl. The predicted molar refractivity (Wildman–Crippen MR) is 33.5 cm³/mol. The minimum atomic E-state index is 0. The summed E-state index contributed by atoms with van der Waals surface area (Å²) in [7, 11) is 0. The predicted octanol–water partition coefficient (Wildman–Crippen LogP) is 1.59. The van der Waals surface area contributed by atoms with E-state index in [1.165, 1.54) is 0 Å². The van der Waals surface area contributed by atoms with Gasteiger partial charge in [0.2, 0.25) is 0 Å². The van der Waals surface area contributed by atoms with E-state index in [-0.39, 0.29) is 12.4 Å². The summed E-state index contributed by atoms with van der Waals surface area (Å²) in [4.78, 5) is 0. The van der Waals surface area contributed by atoms with Crippen LogP contribution in [0.15, 0.2) is 16.9 Å². The lowest BCUT2D eigenvalue weighted by molar-refractivity contribution is 1.07. The van der Waals surface area contributed by atoms with Crippen molar-refractivity contribution in [2.45, 2.75) is 0 Å². The molecular formula is C3H4BrClN2. The first-order valence-electron chi connectivity index (χ1n) is 1.54. The molecule has 0 radical (unpaired) electrons. The van der Waals surface area contributed by atoms with E-state index in [0.717, 1.165) is 4.60 Å². The zero-order valence-electron chi connectivity index (χ0n) is 3.39. The molecule has 1 aromatic heterocycles. The van der Waals surface area contributed by atoms with Crippen molar-refractivity contribution < 1.29 is 0 Å². The van der Waals surface area contributed by atoms with Crippen LogP contribution in [0.4, 0.5) is 0 Å². The van der Waals surface area contributed by atoms with Crippen molar-refractivity contribution in [2.75, 3.05) is 0 Å². The summed E-state index contributed by atoms with van der Waals surface area (Å²) < 4.78 is 0.919. The molecule has 40 valence electrons. The molecule has 7 heavy (non-hydrogen) atoms. The van der Waals surface area contributed by atoms with Gasteiger partial charge in [0.25, 0.3) is 0 Å². The normalized spacial score (nSPS) is 7.57. The summed E-state index contributed by atoms with van der Waals surface area (Å²) in [5, 5.41) is 6.32. The Kier molecular flexibility index (Phi) is 3.04. The van der Waals surface area contributed by atoms with Gasteiger partial charge in [-0.15, -0.1) is 12.4 Å². The van der Waals surface area contributed by atoms with Crippen LogP contribution in [0.2, 0.25) is 0 Å². The number of hydrogen-bond acceptors (Lipinski definition) is 1. The van der Waals surface area contributed by atoms with Crippen molar-refractivity contribution in [2.24, 2.45) is 0 Å². The lowest BCUT2D eigenvalue weighted by Gasteiger charge is -1.65. The van der Waals surface area contributed by atoms with E-state index in [1.54, 1.807) is 6.20 Å². The van der Waals surface area contributed by atoms with E-state index in [0.29, 0.717) is 0 Å². The first-order valence-corrected chi connectivity index (χ1v) is 2.34. The Hall–Kier alpha value is -0.0200. The summed E-state index contributed by atoms with van der Waals surface area (Å²) >= 11 is 3.16. The molecule has 0 atom stereocenters. The van der Waals surface area contributed by atoms with E-state index in [2.05, 4.69) is 26.1 Å². The fourth-order valence-corrected chi connectivity index (χ4v) is 0.459. The van der Waals surface area contributed by atoms with E-state index in [9.17, 15) is 0 Å². The lowest BCUT2D eigenvalue weighted by Crippen LogP contribution is -1.59. The zero-order chi connectivity index (χ0) is 4.41. The van der Waals surface area contributed by atoms with Crippen molar-refractivity contribution in [3.63, 3.8) is 0 Å². The molecule has 0 saturated heterocycles. The Labute approximate surface area is 55.8 Å². The average molecular weight is 183 g/mol. The maximum Gasteiger partial charge on any atom is 0.100 e. The van der Waals surface area contributed by atoms with Crippen LogP contribution >= 0.6 is 28.3 Å². The Balaban J connectivity index is 0.000000360. The van der Waals surface area contributed by atoms with Gasteiger partial charge < -0.3 is 0 Å². The van der Waals surface area contributed by atoms with Gasteiger partial charge in [-0.25, -0.2) is 0 Å². The second kappa shape index (κ2) is 3.04. The number of aromatic amines is 1. The van der Waals surface area contributed by atoms with Crippen molar-refractivity contribution in [3.8, 4) is 0 Å². The number of hydrogen-bond donors (Lipinski definition) is 1. The molecule has 0 aliphatic heterocycles. The number of nitrogens with zero attached hydrogens (tertiary/aromatic N) is 1. The standard InChI is InChI=1S/C3H3BrN2.ClH/c4-3-1-2-5-6-3;/h1-2H,(H,5,6);1H. The third kappa shape index (κ3) is 1.94. The summed E-state index contributed by atoms with van der Waals surface area (Å²) in [6.45, 7) is 0. The van der Waals surface area contributed by atoms with Crippen LogP contribution < -0.4 is 0 Å². The lowest BCUT2D eigenvalue weighted by atomic mass is 10.8. The molecule has 4 heteroatoms. The highest BCUT2D eigenvalue weighted by Crippen LogP contribution is 1.98. The monoisotopic (exact) mass is 182 g/mol. The molecule has 1 aromatic rings. The molecule has 0 bridgehead atoms. The highest BCUT2D eigenvalue weighted by molar-refractivity contribution is 9.10. The van der Waals surface area contributed by atoms with Crippen molar-refractivity contribution in [1.82, 2.24) is 10.2 Å². The van der Waals surface area contributed by atoms with Gasteiger partial charge in [0, 0.05) is 6.20 Å². The van der Waals surface area contributed by atoms with Gasteiger partial charge in [-0.2, -0.15) is 5.10 Å². The van der Waals surface area contributed by atoms with Crippen molar-refractivity contribution >= 4 is 28.3 Å². The van der Waals surface area contributed by atoms with E-state index in [4.69, 9.17) is 0 Å². The summed E-state index contributed by atoms with van der Waals surface area (Å²) in [6, 6.07) is 1.83. The van der Waals surface area contributed by atoms with Crippen LogP contribution in [-0.4, -0.2) is 10.2 Å². The quantitative estimate of drug-likeness (QED) is 0.650. The molecule has 0 aromatic carbocycles. The van der Waals surface area contributed by atoms with Crippen LogP contribution in [-0.2, 0) is 0 Å². The highest BCUT2D eigenvalue weighted by atomic mass is 79.9. The number of halogens is 2. The highest BCUT2D eigenvalue weighted by Gasteiger charge is 1.76. The van der Waals surface area contributed by atoms with E-state index in [1.807, 2.05) is 6.07 Å². The minimum Gasteiger partial charge on any atom is -0.271 e. The van der Waals surface area contributed by atoms with Gasteiger partial charge >= 0.3 is 0 Å². The first kappa shape index (κ1) is 6.98. The maximum atomic E-state index is 3.65. The van der Waals surface area contributed by atoms with Gasteiger partial charge in [-0.05, 0) is 22.0 Å². The Bertz CT molecular complexity index is 116. The van der Waals surface area contributed by atoms with Gasteiger partial charge in [0.15, 0.2) is 0 Å². The van der Waals surface area contributed by atoms with Crippen molar-refractivity contribution in [3.05, 3.63) is 16.9 Å². The average Bonchev–Trinajstić information content (AvgIpc) is 1.86. The van der Waals surface area contributed by atoms with E-state index >= 15 is 0 Å². The number of aromatic nitrogens is 2. The molecule has 0 aliphatic rings. The molecule has 1 rings (SSSR count). The van der Waals surface area contributed by atoms with Crippen LogP contribution in [0, 0.1) is 0 Å². The molecular weight excluding hydrogens is 179 g/mol. The smallest absolute Gasteiger partial charge is 0.100 e. The third-order valence-electron chi connectivity index (χ3n) is 0.467. The molecule has 0 saturated carbocycles. The van der Waals surface area contributed by atoms with Gasteiger partial charge in [0.1, 0.15) is 4.60 Å². The minimum absolute atomic E-state index is 0. The van der Waals surface area contributed by atoms with Gasteiger partial charge in [-0.1, -0.05) is 0 Å². The fraction of sp³-hybridized carbons (Fsp3) is 0. The largest absolute Gasteiger partial charge is 0.271 e. The second-order valence-corrected chi connectivity index (χ2v) is 1.76. The summed E-state index contributed by atoms with van der Waals surface area (Å²) in [5.41, 5.74) is 0. The summed E-state index contributed by atoms with van der Waals surface area (Å²) in [6.07, 6.45) is 1.68. The first-order chi connectivity index (χ1) is 2.89. The molecule has 0 spiro atoms. The molecule has 2 nitrogen and oxygen atoms in total. The van der Waals surface area contributed by atoms with Crippen LogP contribution in [0.25, 0.3) is 0 Å². The second-order valence-electron chi connectivity index (χ2n) is 0.905. The van der Waals surface area contributed by atoms with Crippen LogP contribution in [0.5, 0.6) is 0 Å². The van der Waals surface area contributed by atoms with Crippen LogP contribution in [0.3, 0.4) is 0 Å². The fourth-order valence-electron chi connectivity index (χ4n) is 0.239. The van der Waals surface area contributed by atoms with Crippen molar-refractivity contribution in [1.29, 1.82) is 0 Å². The molecule has 1 heterocycles.